The van der Waals surface area contributed by atoms with E-state index >= 15 is 0 Å². The second-order valence-electron chi connectivity index (χ2n) is 3.13. The van der Waals surface area contributed by atoms with Crippen LogP contribution in [0.4, 0.5) is 0 Å². The minimum absolute atomic E-state index is 0.430. The first-order chi connectivity index (χ1) is 6.46. The molecule has 0 radical (unpaired) electrons. The van der Waals surface area contributed by atoms with Crippen LogP contribution in [0.5, 0.6) is 0 Å². The molecule has 2 atom stereocenters. The van der Waals surface area contributed by atoms with Crippen LogP contribution in [0.2, 0.25) is 0 Å². The van der Waals surface area contributed by atoms with Crippen LogP contribution in [0.15, 0.2) is 5.16 Å². The molecular formula is C8H12N2O4. The van der Waals surface area contributed by atoms with Gasteiger partial charge >= 0.3 is 0 Å². The van der Waals surface area contributed by atoms with Crippen LogP contribution in [0.1, 0.15) is 20.8 Å². The fourth-order valence-corrected chi connectivity index (χ4v) is 0.960. The number of hydrogen-bond donors (Lipinski definition) is 0. The molecule has 6 nitrogen and oxygen atoms in total. The highest BCUT2D eigenvalue weighted by atomic mass is 17.3. The summed E-state index contributed by atoms with van der Waals surface area (Å²) in [5.41, 5.74) is 0.430. The quantitative estimate of drug-likeness (QED) is 0.377. The molecule has 0 saturated carbocycles. The minimum Gasteiger partial charge on any atom is -0.399 e. The number of ether oxygens (including phenoxy) is 1. The van der Waals surface area contributed by atoms with Crippen molar-refractivity contribution in [3.05, 3.63) is 0 Å². The van der Waals surface area contributed by atoms with Crippen molar-refractivity contribution in [1.82, 2.24) is 0 Å². The van der Waals surface area contributed by atoms with Crippen molar-refractivity contribution in [2.24, 2.45) is 5.16 Å². The molecule has 1 saturated heterocycles. The van der Waals surface area contributed by atoms with Gasteiger partial charge < -0.3 is 4.84 Å². The summed E-state index contributed by atoms with van der Waals surface area (Å²) in [5, 5.41) is 12.4. The van der Waals surface area contributed by atoms with Crippen molar-refractivity contribution in [3.63, 3.8) is 0 Å². The molecule has 1 aliphatic heterocycles. The second-order valence-corrected chi connectivity index (χ2v) is 3.13. The van der Waals surface area contributed by atoms with E-state index < -0.39 is 11.6 Å². The van der Waals surface area contributed by atoms with E-state index in [2.05, 4.69) is 9.99 Å². The third kappa shape index (κ3) is 1.85. The SMILES string of the molecule is CO/N=C(\C)C1(C)OOC(C)(C#N)O1. The predicted octanol–water partition coefficient (Wildman–Crippen LogP) is 0.943. The predicted molar refractivity (Wildman–Crippen MR) is 45.8 cm³/mol. The summed E-state index contributed by atoms with van der Waals surface area (Å²) in [5.74, 6) is -2.58. The van der Waals surface area contributed by atoms with Gasteiger partial charge in [-0.25, -0.2) is 0 Å². The lowest BCUT2D eigenvalue weighted by atomic mass is 10.2. The molecule has 14 heavy (non-hydrogen) atoms. The Bertz CT molecular complexity index is 298. The summed E-state index contributed by atoms with van der Waals surface area (Å²) in [6.45, 7) is 4.70. The zero-order valence-corrected chi connectivity index (χ0v) is 8.53. The normalized spacial score (nSPS) is 38.1. The molecule has 1 heterocycles. The molecular weight excluding hydrogens is 188 g/mol. The third-order valence-electron chi connectivity index (χ3n) is 1.84. The summed E-state index contributed by atoms with van der Waals surface area (Å²) in [4.78, 5) is 14.2. The molecule has 1 rings (SSSR count). The average Bonchev–Trinajstić information content (AvgIpc) is 2.46. The summed E-state index contributed by atoms with van der Waals surface area (Å²) in [7, 11) is 1.41. The van der Waals surface area contributed by atoms with Gasteiger partial charge in [0.05, 0.1) is 0 Å². The van der Waals surface area contributed by atoms with Gasteiger partial charge in [-0.3, -0.25) is 4.74 Å². The van der Waals surface area contributed by atoms with Crippen LogP contribution < -0.4 is 0 Å². The van der Waals surface area contributed by atoms with Crippen molar-refractivity contribution in [2.75, 3.05) is 7.11 Å². The first-order valence-electron chi connectivity index (χ1n) is 4.02. The number of nitrogens with zero attached hydrogens (tertiary/aromatic N) is 2. The molecule has 0 spiro atoms. The summed E-state index contributed by atoms with van der Waals surface area (Å²) < 4.78 is 5.28. The van der Waals surface area contributed by atoms with E-state index in [1.54, 1.807) is 13.8 Å². The summed E-state index contributed by atoms with van der Waals surface area (Å²) in [6, 6.07) is 1.83. The van der Waals surface area contributed by atoms with Crippen LogP contribution in [-0.2, 0) is 19.3 Å². The van der Waals surface area contributed by atoms with Crippen LogP contribution in [-0.4, -0.2) is 24.4 Å². The summed E-state index contributed by atoms with van der Waals surface area (Å²) >= 11 is 0. The molecule has 1 fully saturated rings. The topological polar surface area (TPSA) is 73.1 Å². The first kappa shape index (κ1) is 10.9. The number of oxime groups is 1. The van der Waals surface area contributed by atoms with Crippen LogP contribution in [0.3, 0.4) is 0 Å². The molecule has 0 aromatic rings. The van der Waals surface area contributed by atoms with Gasteiger partial charge in [0.15, 0.2) is 0 Å². The van der Waals surface area contributed by atoms with E-state index in [-0.39, 0.29) is 0 Å². The van der Waals surface area contributed by atoms with Gasteiger partial charge in [0.2, 0.25) is 5.79 Å². The smallest absolute Gasteiger partial charge is 0.289 e. The van der Waals surface area contributed by atoms with Gasteiger partial charge in [-0.05, 0) is 13.8 Å². The molecule has 0 amide bonds. The Balaban J connectivity index is 2.82. The maximum absolute atomic E-state index is 8.72. The zero-order valence-electron chi connectivity index (χ0n) is 8.53. The van der Waals surface area contributed by atoms with Crippen molar-refractivity contribution >= 4 is 5.71 Å². The Morgan fingerprint density at radius 2 is 2.07 bits per heavy atom. The molecule has 2 unspecified atom stereocenters. The van der Waals surface area contributed by atoms with Gasteiger partial charge in [0, 0.05) is 6.92 Å². The highest BCUT2D eigenvalue weighted by molar-refractivity contribution is 5.88. The Kier molecular flexibility index (Phi) is 2.76. The Morgan fingerprint density at radius 1 is 1.43 bits per heavy atom. The summed E-state index contributed by atoms with van der Waals surface area (Å²) in [6.07, 6.45) is 0. The average molecular weight is 200 g/mol. The third-order valence-corrected chi connectivity index (χ3v) is 1.84. The van der Waals surface area contributed by atoms with Gasteiger partial charge in [-0.1, -0.05) is 5.16 Å². The van der Waals surface area contributed by atoms with Crippen molar-refractivity contribution < 1.29 is 19.3 Å². The lowest BCUT2D eigenvalue weighted by Gasteiger charge is -2.19. The highest BCUT2D eigenvalue weighted by Crippen LogP contribution is 2.33. The number of nitriles is 1. The van der Waals surface area contributed by atoms with E-state index in [1.807, 2.05) is 6.07 Å². The molecule has 0 aromatic heterocycles. The van der Waals surface area contributed by atoms with E-state index in [1.165, 1.54) is 14.0 Å². The lowest BCUT2D eigenvalue weighted by molar-refractivity contribution is -0.320. The number of hydrogen-bond acceptors (Lipinski definition) is 6. The van der Waals surface area contributed by atoms with Crippen molar-refractivity contribution in [1.29, 1.82) is 5.26 Å². The minimum atomic E-state index is -1.40. The molecule has 78 valence electrons. The van der Waals surface area contributed by atoms with Gasteiger partial charge in [0.25, 0.3) is 5.79 Å². The van der Waals surface area contributed by atoms with Crippen molar-refractivity contribution in [2.45, 2.75) is 32.3 Å². The molecule has 0 aliphatic carbocycles. The molecule has 6 heteroatoms. The largest absolute Gasteiger partial charge is 0.399 e. The highest BCUT2D eigenvalue weighted by Gasteiger charge is 2.50. The van der Waals surface area contributed by atoms with E-state index in [4.69, 9.17) is 19.8 Å². The maximum Gasteiger partial charge on any atom is 0.289 e. The van der Waals surface area contributed by atoms with Crippen molar-refractivity contribution in [3.8, 4) is 6.07 Å². The standard InChI is InChI=1S/C8H12N2O4/c1-6(10-11-4)8(3)12-7(2,5-9)13-14-8/h1-4H3/b10-6+. The lowest BCUT2D eigenvalue weighted by Crippen LogP contribution is -2.37. The molecule has 1 aliphatic rings. The zero-order chi connectivity index (χ0) is 10.8. The monoisotopic (exact) mass is 200 g/mol. The Labute approximate surface area is 81.9 Å². The van der Waals surface area contributed by atoms with Gasteiger partial charge in [0.1, 0.15) is 18.9 Å². The first-order valence-corrected chi connectivity index (χ1v) is 4.02. The van der Waals surface area contributed by atoms with Gasteiger partial charge in [-0.15, -0.1) is 0 Å². The Hall–Kier alpha value is -1.16. The second kappa shape index (κ2) is 3.53. The van der Waals surface area contributed by atoms with Gasteiger partial charge in [-0.2, -0.15) is 15.0 Å². The maximum atomic E-state index is 8.72. The van der Waals surface area contributed by atoms with E-state index in [0.717, 1.165) is 0 Å². The van der Waals surface area contributed by atoms with E-state index in [0.29, 0.717) is 5.71 Å². The number of rotatable bonds is 2. The van der Waals surface area contributed by atoms with Crippen LogP contribution in [0, 0.1) is 11.3 Å². The molecule has 0 bridgehead atoms. The fraction of sp³-hybridized carbons (Fsp3) is 0.750. The van der Waals surface area contributed by atoms with E-state index in [9.17, 15) is 0 Å². The fourth-order valence-electron chi connectivity index (χ4n) is 0.960. The molecule has 0 aromatic carbocycles. The molecule has 0 N–H and O–H groups in total. The van der Waals surface area contributed by atoms with Crippen LogP contribution >= 0.6 is 0 Å². The van der Waals surface area contributed by atoms with Crippen LogP contribution in [0.25, 0.3) is 0 Å². The Morgan fingerprint density at radius 3 is 2.50 bits per heavy atom.